The average molecular weight is 242 g/mol. The number of likely N-dealkylation sites (tertiary alicyclic amines) is 1. The third kappa shape index (κ3) is 3.35. The van der Waals surface area contributed by atoms with Gasteiger partial charge < -0.3 is 14.9 Å². The first kappa shape index (κ1) is 13.8. The van der Waals surface area contributed by atoms with E-state index in [2.05, 4.69) is 6.92 Å². The fourth-order valence-corrected chi connectivity index (χ4v) is 2.14. The minimum atomic E-state index is -0.781. The number of hydrogen-bond acceptors (Lipinski definition) is 2. The number of carbonyl (C=O) groups is 2. The lowest BCUT2D eigenvalue weighted by Gasteiger charge is -2.42. The molecule has 1 aliphatic heterocycles. The zero-order chi connectivity index (χ0) is 13.0. The number of nitrogens with zero attached hydrogens (tertiary/aromatic N) is 2. The van der Waals surface area contributed by atoms with Gasteiger partial charge in [0.1, 0.15) is 0 Å². The molecule has 0 aliphatic carbocycles. The summed E-state index contributed by atoms with van der Waals surface area (Å²) in [5, 5.41) is 8.64. The molecule has 1 heterocycles. The van der Waals surface area contributed by atoms with E-state index in [4.69, 9.17) is 5.11 Å². The molecule has 17 heavy (non-hydrogen) atoms. The maximum atomic E-state index is 12.1. The summed E-state index contributed by atoms with van der Waals surface area (Å²) >= 11 is 0. The van der Waals surface area contributed by atoms with Crippen LogP contribution >= 0.6 is 0 Å². The number of rotatable bonds is 5. The predicted octanol–water partition coefficient (Wildman–Crippen LogP) is 1.63. The third-order valence-electron chi connectivity index (χ3n) is 3.40. The first-order valence-electron chi connectivity index (χ1n) is 6.26. The van der Waals surface area contributed by atoms with Crippen molar-refractivity contribution >= 4 is 12.0 Å². The van der Waals surface area contributed by atoms with Crippen molar-refractivity contribution in [1.82, 2.24) is 9.80 Å². The van der Waals surface area contributed by atoms with Crippen molar-refractivity contribution < 1.29 is 14.7 Å². The lowest BCUT2D eigenvalue weighted by molar-refractivity contribution is -0.139. The van der Waals surface area contributed by atoms with E-state index in [9.17, 15) is 9.59 Å². The second-order valence-corrected chi connectivity index (χ2v) is 4.69. The van der Waals surface area contributed by atoms with Crippen LogP contribution < -0.4 is 0 Å². The van der Waals surface area contributed by atoms with Crippen LogP contribution in [0.25, 0.3) is 0 Å². The monoisotopic (exact) mass is 242 g/mol. The Kier molecular flexibility index (Phi) is 4.78. The first-order chi connectivity index (χ1) is 7.99. The molecule has 98 valence electrons. The number of carboxylic acids is 1. The summed E-state index contributed by atoms with van der Waals surface area (Å²) in [7, 11) is 0. The largest absolute Gasteiger partial charge is 0.481 e. The summed E-state index contributed by atoms with van der Waals surface area (Å²) in [6.45, 7) is 7.93. The van der Waals surface area contributed by atoms with Gasteiger partial charge in [0.15, 0.2) is 0 Å². The van der Waals surface area contributed by atoms with E-state index in [1.54, 1.807) is 4.90 Å². The SMILES string of the molecule is CCC(C)N(CC)C(=O)N1CC(CC(=O)O)C1. The maximum absolute atomic E-state index is 12.1. The second-order valence-electron chi connectivity index (χ2n) is 4.69. The number of amides is 2. The molecule has 0 spiro atoms. The fourth-order valence-electron chi connectivity index (χ4n) is 2.14. The molecular formula is C12H22N2O3. The van der Waals surface area contributed by atoms with Gasteiger partial charge in [0.2, 0.25) is 0 Å². The van der Waals surface area contributed by atoms with E-state index in [1.165, 1.54) is 0 Å². The summed E-state index contributed by atoms with van der Waals surface area (Å²) in [5.41, 5.74) is 0. The Morgan fingerprint density at radius 1 is 1.41 bits per heavy atom. The van der Waals surface area contributed by atoms with Crippen LogP contribution in [0.4, 0.5) is 4.79 Å². The lowest BCUT2D eigenvalue weighted by atomic mass is 9.97. The van der Waals surface area contributed by atoms with Gasteiger partial charge in [-0.2, -0.15) is 0 Å². The molecule has 1 saturated heterocycles. The van der Waals surface area contributed by atoms with Gasteiger partial charge in [0.25, 0.3) is 0 Å². The Morgan fingerprint density at radius 3 is 2.41 bits per heavy atom. The number of carboxylic acid groups (broad SMARTS) is 1. The van der Waals surface area contributed by atoms with E-state index in [1.807, 2.05) is 18.7 Å². The highest BCUT2D eigenvalue weighted by molar-refractivity contribution is 5.76. The summed E-state index contributed by atoms with van der Waals surface area (Å²) in [4.78, 5) is 26.2. The summed E-state index contributed by atoms with van der Waals surface area (Å²) < 4.78 is 0. The summed E-state index contributed by atoms with van der Waals surface area (Å²) in [6.07, 6.45) is 1.10. The van der Waals surface area contributed by atoms with Crippen LogP contribution in [0.1, 0.15) is 33.6 Å². The molecule has 1 atom stereocenters. The van der Waals surface area contributed by atoms with Gasteiger partial charge >= 0.3 is 12.0 Å². The highest BCUT2D eigenvalue weighted by Gasteiger charge is 2.34. The van der Waals surface area contributed by atoms with E-state index >= 15 is 0 Å². The quantitative estimate of drug-likeness (QED) is 0.797. The molecule has 5 heteroatoms. The zero-order valence-corrected chi connectivity index (χ0v) is 10.8. The predicted molar refractivity (Wildman–Crippen MR) is 64.8 cm³/mol. The third-order valence-corrected chi connectivity index (χ3v) is 3.40. The lowest BCUT2D eigenvalue weighted by Crippen LogP contribution is -2.56. The van der Waals surface area contributed by atoms with Gasteiger partial charge in [-0.15, -0.1) is 0 Å². The van der Waals surface area contributed by atoms with Crippen molar-refractivity contribution in [3.8, 4) is 0 Å². The minimum absolute atomic E-state index is 0.0449. The summed E-state index contributed by atoms with van der Waals surface area (Å²) in [6, 6.07) is 0.287. The van der Waals surface area contributed by atoms with Crippen LogP contribution in [0.5, 0.6) is 0 Å². The molecule has 0 aromatic carbocycles. The Hall–Kier alpha value is -1.26. The highest BCUT2D eigenvalue weighted by atomic mass is 16.4. The molecular weight excluding hydrogens is 220 g/mol. The zero-order valence-electron chi connectivity index (χ0n) is 10.8. The maximum Gasteiger partial charge on any atom is 0.320 e. The van der Waals surface area contributed by atoms with E-state index in [-0.39, 0.29) is 24.4 Å². The molecule has 5 nitrogen and oxygen atoms in total. The van der Waals surface area contributed by atoms with Crippen molar-refractivity contribution in [3.63, 3.8) is 0 Å². The van der Waals surface area contributed by atoms with Crippen LogP contribution in [-0.2, 0) is 4.79 Å². The Labute approximate surface area is 102 Å². The van der Waals surface area contributed by atoms with Crippen LogP contribution in [0.2, 0.25) is 0 Å². The Balaban J connectivity index is 2.42. The van der Waals surface area contributed by atoms with E-state index in [0.29, 0.717) is 19.6 Å². The van der Waals surface area contributed by atoms with Crippen molar-refractivity contribution in [3.05, 3.63) is 0 Å². The molecule has 1 fully saturated rings. The molecule has 1 rings (SSSR count). The summed E-state index contributed by atoms with van der Waals surface area (Å²) in [5.74, 6) is -0.650. The van der Waals surface area contributed by atoms with Crippen LogP contribution in [0.3, 0.4) is 0 Å². The number of carbonyl (C=O) groups excluding carboxylic acids is 1. The van der Waals surface area contributed by atoms with Gasteiger partial charge in [-0.05, 0) is 20.3 Å². The minimum Gasteiger partial charge on any atom is -0.481 e. The van der Waals surface area contributed by atoms with E-state index in [0.717, 1.165) is 6.42 Å². The second kappa shape index (κ2) is 5.89. The molecule has 0 bridgehead atoms. The van der Waals surface area contributed by atoms with Crippen molar-refractivity contribution in [2.45, 2.75) is 39.7 Å². The van der Waals surface area contributed by atoms with Crippen molar-refractivity contribution in [2.24, 2.45) is 5.92 Å². The number of urea groups is 1. The molecule has 0 radical (unpaired) electrons. The molecule has 1 aliphatic rings. The Morgan fingerprint density at radius 2 is 2.00 bits per heavy atom. The smallest absolute Gasteiger partial charge is 0.320 e. The van der Waals surface area contributed by atoms with Gasteiger partial charge in [-0.3, -0.25) is 4.79 Å². The molecule has 1 N–H and O–H groups in total. The van der Waals surface area contributed by atoms with Crippen LogP contribution in [-0.4, -0.2) is 52.6 Å². The molecule has 0 aromatic rings. The van der Waals surface area contributed by atoms with Crippen molar-refractivity contribution in [1.29, 1.82) is 0 Å². The van der Waals surface area contributed by atoms with Crippen LogP contribution in [0.15, 0.2) is 0 Å². The molecule has 0 saturated carbocycles. The fraction of sp³-hybridized carbons (Fsp3) is 0.833. The van der Waals surface area contributed by atoms with Gasteiger partial charge in [-0.1, -0.05) is 6.92 Å². The normalized spacial score (nSPS) is 17.5. The molecule has 2 amide bonds. The molecule has 0 aromatic heterocycles. The van der Waals surface area contributed by atoms with Gasteiger partial charge in [0.05, 0.1) is 6.42 Å². The highest BCUT2D eigenvalue weighted by Crippen LogP contribution is 2.21. The van der Waals surface area contributed by atoms with Gasteiger partial charge in [0, 0.05) is 31.6 Å². The topological polar surface area (TPSA) is 60.9 Å². The number of hydrogen-bond donors (Lipinski definition) is 1. The Bertz CT molecular complexity index is 287. The average Bonchev–Trinajstić information content (AvgIpc) is 2.22. The van der Waals surface area contributed by atoms with E-state index < -0.39 is 5.97 Å². The standard InChI is InChI=1S/C12H22N2O3/c1-4-9(3)14(5-2)12(17)13-7-10(8-13)6-11(15)16/h9-10H,4-8H2,1-3H3,(H,15,16). The molecule has 1 unspecified atom stereocenters. The van der Waals surface area contributed by atoms with Gasteiger partial charge in [-0.25, -0.2) is 4.79 Å². The number of aliphatic carboxylic acids is 1. The van der Waals surface area contributed by atoms with Crippen LogP contribution in [0, 0.1) is 5.92 Å². The van der Waals surface area contributed by atoms with Crippen molar-refractivity contribution in [2.75, 3.05) is 19.6 Å². The first-order valence-corrected chi connectivity index (χ1v) is 6.26.